The Balaban J connectivity index is 0.000000411. The number of pyridine rings is 1. The van der Waals surface area contributed by atoms with Gasteiger partial charge in [-0.05, 0) is 44.5 Å². The van der Waals surface area contributed by atoms with Crippen molar-refractivity contribution < 1.29 is 4.79 Å². The molecule has 0 atom stereocenters. The van der Waals surface area contributed by atoms with E-state index in [4.69, 9.17) is 10.5 Å². The first-order valence-corrected chi connectivity index (χ1v) is 10.3. The molecule has 1 aliphatic heterocycles. The smallest absolute Gasteiger partial charge is 0.146 e. The average Bonchev–Trinajstić information content (AvgIpc) is 2.97. The Bertz CT molecular complexity index is 1190. The molecule has 0 saturated heterocycles. The number of nitrogens with zero attached hydrogens (tertiary/aromatic N) is 4. The van der Waals surface area contributed by atoms with Crippen LogP contribution in [0.25, 0.3) is 33.1 Å². The summed E-state index contributed by atoms with van der Waals surface area (Å²) in [5, 5.41) is 2.11. The number of aromatic nitrogens is 4. The first-order valence-electron chi connectivity index (χ1n) is 10.3. The third-order valence-corrected chi connectivity index (χ3v) is 5.25. The lowest BCUT2D eigenvalue weighted by atomic mass is 10.0. The van der Waals surface area contributed by atoms with E-state index in [9.17, 15) is 0 Å². The molecule has 7 nitrogen and oxygen atoms in total. The van der Waals surface area contributed by atoms with Crippen molar-refractivity contribution >= 4 is 34.0 Å². The van der Waals surface area contributed by atoms with Crippen LogP contribution in [-0.4, -0.2) is 32.9 Å². The Kier molecular flexibility index (Phi) is 7.45. The molecule has 0 fully saturated rings. The summed E-state index contributed by atoms with van der Waals surface area (Å²) in [6.07, 6.45) is 10.0. The largest absolute Gasteiger partial charge is 0.383 e. The quantitative estimate of drug-likeness (QED) is 0.378. The summed E-state index contributed by atoms with van der Waals surface area (Å²) in [6.45, 7) is 4.10. The number of aryl methyl sites for hydroxylation is 1. The highest BCUT2D eigenvalue weighted by atomic mass is 16.1. The van der Waals surface area contributed by atoms with E-state index in [0.717, 1.165) is 46.0 Å². The lowest BCUT2D eigenvalue weighted by molar-refractivity contribution is -0.104. The van der Waals surface area contributed by atoms with Gasteiger partial charge in [-0.1, -0.05) is 31.2 Å². The van der Waals surface area contributed by atoms with Crippen LogP contribution >= 0.6 is 0 Å². The Morgan fingerprint density at radius 3 is 2.65 bits per heavy atom. The van der Waals surface area contributed by atoms with Crippen LogP contribution in [0, 0.1) is 0 Å². The van der Waals surface area contributed by atoms with E-state index in [1.165, 1.54) is 38.1 Å². The van der Waals surface area contributed by atoms with Crippen LogP contribution in [0.4, 0.5) is 5.82 Å². The minimum absolute atomic E-state index is 0.550. The zero-order chi connectivity index (χ0) is 22.2. The topological polar surface area (TPSA) is 113 Å². The number of anilines is 1. The van der Waals surface area contributed by atoms with E-state index in [1.807, 2.05) is 24.4 Å². The Labute approximate surface area is 181 Å². The molecule has 7 heteroatoms. The zero-order valence-electron chi connectivity index (χ0n) is 17.8. The van der Waals surface area contributed by atoms with Crippen molar-refractivity contribution in [2.75, 3.05) is 12.8 Å². The SMILES string of the molecule is C=CC=O.CN.Nc1ncnc2c1c(-c1cnc3ccccc3c1)c1n2CCCCC1. The lowest BCUT2D eigenvalue weighted by Gasteiger charge is -2.08. The Morgan fingerprint density at radius 1 is 1.10 bits per heavy atom. The van der Waals surface area contributed by atoms with Gasteiger partial charge in [-0.3, -0.25) is 9.78 Å². The molecule has 0 radical (unpaired) electrons. The molecule has 1 aromatic carbocycles. The maximum Gasteiger partial charge on any atom is 0.146 e. The van der Waals surface area contributed by atoms with E-state index in [2.05, 4.69) is 44.0 Å². The van der Waals surface area contributed by atoms with Crippen LogP contribution < -0.4 is 11.5 Å². The summed E-state index contributed by atoms with van der Waals surface area (Å²) in [4.78, 5) is 22.5. The molecule has 0 aliphatic carbocycles. The number of nitrogen functional groups attached to an aromatic ring is 1. The summed E-state index contributed by atoms with van der Waals surface area (Å²) in [6, 6.07) is 10.4. The zero-order valence-corrected chi connectivity index (χ0v) is 17.8. The van der Waals surface area contributed by atoms with Crippen molar-refractivity contribution in [2.24, 2.45) is 5.73 Å². The van der Waals surface area contributed by atoms with Gasteiger partial charge in [-0.15, -0.1) is 0 Å². The van der Waals surface area contributed by atoms with Gasteiger partial charge in [0.15, 0.2) is 0 Å². The minimum Gasteiger partial charge on any atom is -0.383 e. The van der Waals surface area contributed by atoms with Gasteiger partial charge in [-0.2, -0.15) is 0 Å². The Hall–Kier alpha value is -3.58. The highest BCUT2D eigenvalue weighted by Gasteiger charge is 2.23. The molecule has 4 aromatic rings. The fourth-order valence-corrected chi connectivity index (χ4v) is 4.00. The molecule has 1 aliphatic rings. The summed E-state index contributed by atoms with van der Waals surface area (Å²) < 4.78 is 2.34. The third-order valence-electron chi connectivity index (χ3n) is 5.25. The number of rotatable bonds is 2. The summed E-state index contributed by atoms with van der Waals surface area (Å²) in [5.41, 5.74) is 16.3. The number of fused-ring (bicyclic) bond motifs is 4. The number of allylic oxidation sites excluding steroid dienone is 1. The van der Waals surface area contributed by atoms with Crippen LogP contribution in [0.2, 0.25) is 0 Å². The second kappa shape index (κ2) is 10.4. The molecule has 5 rings (SSSR count). The molecule has 3 aromatic heterocycles. The van der Waals surface area contributed by atoms with Gasteiger partial charge in [0.2, 0.25) is 0 Å². The molecule has 0 unspecified atom stereocenters. The van der Waals surface area contributed by atoms with Crippen molar-refractivity contribution in [3.8, 4) is 11.1 Å². The standard InChI is InChI=1S/C20H19N5.C3H4O.CH5N/c21-19-18-17(14-10-13-6-3-4-7-15(13)22-11-14)16-8-2-1-5-9-25(16)20(18)24-12-23-19;1-2-3-4;1-2/h3-4,6-7,10-12H,1-2,5,8-9H2,(H2,21,23,24);2-3H,1H2;2H2,1H3. The molecule has 4 N–H and O–H groups in total. The average molecular weight is 417 g/mol. The number of aldehydes is 1. The molecule has 0 spiro atoms. The fourth-order valence-electron chi connectivity index (χ4n) is 4.00. The lowest BCUT2D eigenvalue weighted by Crippen LogP contribution is -2.01. The summed E-state index contributed by atoms with van der Waals surface area (Å²) >= 11 is 0. The van der Waals surface area contributed by atoms with E-state index in [1.54, 1.807) is 6.33 Å². The Morgan fingerprint density at radius 2 is 1.87 bits per heavy atom. The van der Waals surface area contributed by atoms with Crippen molar-refractivity contribution in [3.05, 3.63) is 61.2 Å². The molecule has 0 saturated carbocycles. The number of carbonyl (C=O) groups excluding carboxylic acids is 1. The van der Waals surface area contributed by atoms with Crippen molar-refractivity contribution in [1.82, 2.24) is 19.5 Å². The highest BCUT2D eigenvalue weighted by Crippen LogP contribution is 2.39. The minimum atomic E-state index is 0.550. The number of hydrogen-bond donors (Lipinski definition) is 2. The normalized spacial score (nSPS) is 12.6. The number of para-hydroxylation sites is 1. The molecule has 160 valence electrons. The van der Waals surface area contributed by atoms with Gasteiger partial charge < -0.3 is 16.0 Å². The van der Waals surface area contributed by atoms with Crippen molar-refractivity contribution in [3.63, 3.8) is 0 Å². The molecule has 4 heterocycles. The molecule has 0 amide bonds. The van der Waals surface area contributed by atoms with Crippen LogP contribution in [0.5, 0.6) is 0 Å². The number of hydrogen-bond acceptors (Lipinski definition) is 6. The summed E-state index contributed by atoms with van der Waals surface area (Å²) in [5.74, 6) is 0.550. The number of benzene rings is 1. The van der Waals surface area contributed by atoms with Gasteiger partial charge in [0.25, 0.3) is 0 Å². The van der Waals surface area contributed by atoms with E-state index >= 15 is 0 Å². The second-order valence-electron chi connectivity index (χ2n) is 7.03. The third kappa shape index (κ3) is 4.46. The fraction of sp³-hybridized carbons (Fsp3) is 0.250. The van der Waals surface area contributed by atoms with Gasteiger partial charge in [0, 0.05) is 34.9 Å². The molecular formula is C24H28N6O. The van der Waals surface area contributed by atoms with Crippen LogP contribution in [0.3, 0.4) is 0 Å². The van der Waals surface area contributed by atoms with Crippen molar-refractivity contribution in [2.45, 2.75) is 32.2 Å². The number of carbonyl (C=O) groups is 1. The maximum atomic E-state index is 9.06. The monoisotopic (exact) mass is 416 g/mol. The molecule has 31 heavy (non-hydrogen) atoms. The predicted molar refractivity (Wildman–Crippen MR) is 127 cm³/mol. The van der Waals surface area contributed by atoms with E-state index < -0.39 is 0 Å². The second-order valence-corrected chi connectivity index (χ2v) is 7.03. The molecular weight excluding hydrogens is 388 g/mol. The van der Waals surface area contributed by atoms with Gasteiger partial charge >= 0.3 is 0 Å². The van der Waals surface area contributed by atoms with Gasteiger partial charge in [-0.25, -0.2) is 9.97 Å². The van der Waals surface area contributed by atoms with E-state index in [-0.39, 0.29) is 0 Å². The first-order chi connectivity index (χ1) is 15.2. The number of nitrogens with two attached hydrogens (primary N) is 2. The van der Waals surface area contributed by atoms with Gasteiger partial charge in [0.05, 0.1) is 10.9 Å². The van der Waals surface area contributed by atoms with Gasteiger partial charge in [0.1, 0.15) is 24.1 Å². The first kappa shape index (κ1) is 22.1. The predicted octanol–water partition coefficient (Wildman–Crippen LogP) is 3.90. The van der Waals surface area contributed by atoms with Crippen LogP contribution in [0.1, 0.15) is 25.0 Å². The highest BCUT2D eigenvalue weighted by molar-refractivity contribution is 6.03. The summed E-state index contributed by atoms with van der Waals surface area (Å²) in [7, 11) is 1.50. The van der Waals surface area contributed by atoms with Crippen molar-refractivity contribution in [1.29, 1.82) is 0 Å². The van der Waals surface area contributed by atoms with Crippen LogP contribution in [-0.2, 0) is 17.8 Å². The maximum absolute atomic E-state index is 9.06. The molecule has 0 bridgehead atoms. The van der Waals surface area contributed by atoms with Crippen LogP contribution in [0.15, 0.2) is 55.5 Å². The van der Waals surface area contributed by atoms with E-state index in [0.29, 0.717) is 12.1 Å².